The first-order valence-electron chi connectivity index (χ1n) is 5.10. The Kier molecular flexibility index (Phi) is 15.2. The van der Waals surface area contributed by atoms with Gasteiger partial charge in [-0.05, 0) is 26.4 Å². The highest BCUT2D eigenvalue weighted by Crippen LogP contribution is 2.07. The molecule has 100 valence electrons. The smallest absolute Gasteiger partial charge is 0.233 e. The molecule has 0 rings (SSSR count). The summed E-state index contributed by atoms with van der Waals surface area (Å²) in [5, 5.41) is 2.81. The van der Waals surface area contributed by atoms with Gasteiger partial charge < -0.3 is 16.0 Å². The van der Waals surface area contributed by atoms with E-state index in [1.165, 1.54) is 0 Å². The number of hydrogen-bond acceptors (Lipinski definition) is 3. The van der Waals surface area contributed by atoms with Crippen LogP contribution in [0.1, 0.15) is 20.3 Å². The van der Waals surface area contributed by atoms with Crippen LogP contribution in [0.3, 0.4) is 0 Å². The zero-order valence-electron chi connectivity index (χ0n) is 10.5. The molecule has 6 heteroatoms. The minimum Gasteiger partial charge on any atom is -0.353 e. The van der Waals surface area contributed by atoms with Crippen molar-refractivity contribution in [3.8, 4) is 0 Å². The quantitative estimate of drug-likeness (QED) is 0.756. The standard InChI is InChI=1S/C10H23N3O.2ClH/c1-8(2)5-9(13(3)4)7-12-10(14)6-11;;/h8-9H,5-7,11H2,1-4H3,(H,12,14);2*1H. The molecule has 0 aliphatic heterocycles. The van der Waals surface area contributed by atoms with Gasteiger partial charge >= 0.3 is 0 Å². The van der Waals surface area contributed by atoms with Gasteiger partial charge in [0, 0.05) is 12.6 Å². The van der Waals surface area contributed by atoms with Gasteiger partial charge in [0.15, 0.2) is 0 Å². The monoisotopic (exact) mass is 273 g/mol. The van der Waals surface area contributed by atoms with Gasteiger partial charge in [-0.25, -0.2) is 0 Å². The normalized spacial score (nSPS) is 11.7. The second-order valence-electron chi connectivity index (χ2n) is 4.26. The van der Waals surface area contributed by atoms with Crippen LogP contribution in [0.4, 0.5) is 0 Å². The van der Waals surface area contributed by atoms with Gasteiger partial charge in [0.2, 0.25) is 5.91 Å². The van der Waals surface area contributed by atoms with E-state index in [4.69, 9.17) is 5.73 Å². The number of amides is 1. The van der Waals surface area contributed by atoms with Crippen molar-refractivity contribution in [2.45, 2.75) is 26.3 Å². The summed E-state index contributed by atoms with van der Waals surface area (Å²) in [6.07, 6.45) is 1.08. The first kappa shape index (κ1) is 21.3. The van der Waals surface area contributed by atoms with Crippen molar-refractivity contribution in [1.29, 1.82) is 0 Å². The van der Waals surface area contributed by atoms with Crippen molar-refractivity contribution >= 4 is 30.7 Å². The van der Waals surface area contributed by atoms with Gasteiger partial charge in [-0.15, -0.1) is 24.8 Å². The largest absolute Gasteiger partial charge is 0.353 e. The number of likely N-dealkylation sites (N-methyl/N-ethyl adjacent to an activating group) is 1. The number of hydrogen-bond donors (Lipinski definition) is 2. The van der Waals surface area contributed by atoms with E-state index >= 15 is 0 Å². The van der Waals surface area contributed by atoms with E-state index in [1.807, 2.05) is 14.1 Å². The third-order valence-corrected chi connectivity index (χ3v) is 2.19. The number of rotatable bonds is 6. The molecule has 3 N–H and O–H groups in total. The van der Waals surface area contributed by atoms with Crippen LogP contribution in [-0.2, 0) is 4.79 Å². The molecule has 16 heavy (non-hydrogen) atoms. The number of halogens is 2. The molecule has 0 fully saturated rings. The molecule has 4 nitrogen and oxygen atoms in total. The molecule has 0 saturated carbocycles. The van der Waals surface area contributed by atoms with Gasteiger partial charge in [-0.3, -0.25) is 4.79 Å². The maximum atomic E-state index is 11.0. The van der Waals surface area contributed by atoms with Crippen molar-refractivity contribution < 1.29 is 4.79 Å². The molecule has 0 saturated heterocycles. The van der Waals surface area contributed by atoms with Gasteiger partial charge in [0.05, 0.1) is 6.54 Å². The molecule has 0 radical (unpaired) electrons. The molecule has 1 atom stereocenters. The predicted octanol–water partition coefficient (Wildman–Crippen LogP) is 0.881. The molecule has 0 aromatic rings. The Balaban J connectivity index is -0.000000845. The first-order valence-corrected chi connectivity index (χ1v) is 5.10. The third-order valence-electron chi connectivity index (χ3n) is 2.19. The zero-order valence-corrected chi connectivity index (χ0v) is 12.2. The lowest BCUT2D eigenvalue weighted by atomic mass is 10.0. The number of nitrogens with two attached hydrogens (primary N) is 1. The summed E-state index contributed by atoms with van der Waals surface area (Å²) in [5.41, 5.74) is 5.21. The second-order valence-corrected chi connectivity index (χ2v) is 4.26. The molecule has 1 amide bonds. The average Bonchev–Trinajstić information content (AvgIpc) is 2.10. The van der Waals surface area contributed by atoms with Crippen LogP contribution in [0.5, 0.6) is 0 Å². The van der Waals surface area contributed by atoms with Gasteiger partial charge in [-0.1, -0.05) is 13.8 Å². The van der Waals surface area contributed by atoms with Crippen molar-refractivity contribution in [1.82, 2.24) is 10.2 Å². The van der Waals surface area contributed by atoms with Crippen LogP contribution in [0, 0.1) is 5.92 Å². The van der Waals surface area contributed by atoms with Crippen LogP contribution >= 0.6 is 24.8 Å². The summed E-state index contributed by atoms with van der Waals surface area (Å²) >= 11 is 0. The molecule has 0 aliphatic rings. The molecule has 0 aromatic carbocycles. The number of nitrogens with zero attached hydrogens (tertiary/aromatic N) is 1. The molecule has 0 bridgehead atoms. The van der Waals surface area contributed by atoms with E-state index in [0.29, 0.717) is 18.5 Å². The lowest BCUT2D eigenvalue weighted by Crippen LogP contribution is -2.42. The minimum absolute atomic E-state index is 0. The summed E-state index contributed by atoms with van der Waals surface area (Å²) in [6.45, 7) is 5.12. The Morgan fingerprint density at radius 2 is 1.81 bits per heavy atom. The van der Waals surface area contributed by atoms with Crippen molar-refractivity contribution in [2.75, 3.05) is 27.2 Å². The molecule has 0 heterocycles. The number of carbonyl (C=O) groups excluding carboxylic acids is 1. The van der Waals surface area contributed by atoms with Crippen LogP contribution in [-0.4, -0.2) is 44.0 Å². The minimum atomic E-state index is -0.0828. The van der Waals surface area contributed by atoms with Crippen molar-refractivity contribution in [3.63, 3.8) is 0 Å². The SMILES string of the molecule is CC(C)CC(CNC(=O)CN)N(C)C.Cl.Cl. The third kappa shape index (κ3) is 10.5. The summed E-state index contributed by atoms with van der Waals surface area (Å²) in [4.78, 5) is 13.1. The van der Waals surface area contributed by atoms with E-state index in [0.717, 1.165) is 6.42 Å². The highest BCUT2D eigenvalue weighted by atomic mass is 35.5. The zero-order chi connectivity index (χ0) is 11.1. The topological polar surface area (TPSA) is 58.4 Å². The van der Waals surface area contributed by atoms with Gasteiger partial charge in [-0.2, -0.15) is 0 Å². The van der Waals surface area contributed by atoms with Crippen LogP contribution in [0.2, 0.25) is 0 Å². The highest BCUT2D eigenvalue weighted by molar-refractivity contribution is 5.85. The van der Waals surface area contributed by atoms with Crippen molar-refractivity contribution in [2.24, 2.45) is 11.7 Å². The van der Waals surface area contributed by atoms with E-state index in [1.54, 1.807) is 0 Å². The Morgan fingerprint density at radius 3 is 2.12 bits per heavy atom. The molecule has 0 spiro atoms. The van der Waals surface area contributed by atoms with Gasteiger partial charge in [0.25, 0.3) is 0 Å². The Bertz CT molecular complexity index is 177. The maximum Gasteiger partial charge on any atom is 0.233 e. The van der Waals surface area contributed by atoms with Gasteiger partial charge in [0.1, 0.15) is 0 Å². The maximum absolute atomic E-state index is 11.0. The first-order chi connectivity index (χ1) is 6.47. The van der Waals surface area contributed by atoms with Crippen molar-refractivity contribution in [3.05, 3.63) is 0 Å². The fraction of sp³-hybridized carbons (Fsp3) is 0.900. The lowest BCUT2D eigenvalue weighted by molar-refractivity contribution is -0.119. The van der Waals surface area contributed by atoms with E-state index < -0.39 is 0 Å². The summed E-state index contributed by atoms with van der Waals surface area (Å²) in [5.74, 6) is 0.554. The Labute approximate surface area is 111 Å². The predicted molar refractivity (Wildman–Crippen MR) is 73.5 cm³/mol. The molecule has 0 aliphatic carbocycles. The second kappa shape index (κ2) is 11.5. The lowest BCUT2D eigenvalue weighted by Gasteiger charge is -2.26. The molecule has 0 aromatic heterocycles. The molecule has 1 unspecified atom stereocenters. The summed E-state index contributed by atoms with van der Waals surface area (Å²) in [6, 6.07) is 0.394. The summed E-state index contributed by atoms with van der Waals surface area (Å²) < 4.78 is 0. The fourth-order valence-electron chi connectivity index (χ4n) is 1.32. The number of nitrogens with one attached hydrogen (secondary N) is 1. The Hall–Kier alpha value is -0.0300. The van der Waals surface area contributed by atoms with Crippen LogP contribution < -0.4 is 11.1 Å². The fourth-order valence-corrected chi connectivity index (χ4v) is 1.32. The molecular weight excluding hydrogens is 249 g/mol. The highest BCUT2D eigenvalue weighted by Gasteiger charge is 2.13. The van der Waals surface area contributed by atoms with E-state index in [2.05, 4.69) is 24.1 Å². The summed E-state index contributed by atoms with van der Waals surface area (Å²) in [7, 11) is 4.06. The van der Waals surface area contributed by atoms with E-state index in [9.17, 15) is 4.79 Å². The van der Waals surface area contributed by atoms with Crippen LogP contribution in [0.15, 0.2) is 0 Å². The Morgan fingerprint density at radius 1 is 1.31 bits per heavy atom. The number of carbonyl (C=O) groups is 1. The molecular formula is C10H25Cl2N3O. The van der Waals surface area contributed by atoms with E-state index in [-0.39, 0.29) is 37.3 Å². The average molecular weight is 274 g/mol. The van der Waals surface area contributed by atoms with Crippen LogP contribution in [0.25, 0.3) is 0 Å².